The number of hydrogen-bond acceptors (Lipinski definition) is 2. The summed E-state index contributed by atoms with van der Waals surface area (Å²) in [4.78, 5) is 0. The van der Waals surface area contributed by atoms with E-state index in [1.165, 1.54) is 31.0 Å². The molecule has 1 aliphatic rings. The predicted octanol–water partition coefficient (Wildman–Crippen LogP) is 4.15. The Balaban J connectivity index is 2.04. The highest BCUT2D eigenvalue weighted by atomic mass is 19.1. The molecule has 0 bridgehead atoms. The van der Waals surface area contributed by atoms with Crippen LogP contribution >= 0.6 is 0 Å². The molecule has 19 heavy (non-hydrogen) atoms. The third-order valence-electron chi connectivity index (χ3n) is 4.15. The minimum absolute atomic E-state index is 0.0328. The topological polar surface area (TPSA) is 32.3 Å². The van der Waals surface area contributed by atoms with Crippen LogP contribution < -0.4 is 5.32 Å². The molecule has 1 aromatic carbocycles. The Labute approximate surface area is 115 Å². The van der Waals surface area contributed by atoms with Crippen LogP contribution in [-0.2, 0) is 0 Å². The van der Waals surface area contributed by atoms with Crippen molar-refractivity contribution >= 4 is 0 Å². The maximum absolute atomic E-state index is 13.3. The smallest absolute Gasteiger partial charge is 0.123 e. The number of benzene rings is 1. The molecule has 1 aromatic rings. The molecule has 2 atom stereocenters. The van der Waals surface area contributed by atoms with Crippen molar-refractivity contribution in [2.24, 2.45) is 5.41 Å². The van der Waals surface area contributed by atoms with Crippen LogP contribution in [0.3, 0.4) is 0 Å². The molecule has 1 aliphatic carbocycles. The molecule has 0 amide bonds. The average molecular weight is 265 g/mol. The van der Waals surface area contributed by atoms with Gasteiger partial charge in [-0.25, -0.2) is 4.39 Å². The molecule has 3 heteroatoms. The first kappa shape index (κ1) is 14.3. The average Bonchev–Trinajstić information content (AvgIpc) is 2.31. The van der Waals surface area contributed by atoms with Crippen LogP contribution in [0.25, 0.3) is 0 Å². The van der Waals surface area contributed by atoms with E-state index in [4.69, 9.17) is 0 Å². The summed E-state index contributed by atoms with van der Waals surface area (Å²) in [6.07, 6.45) is 4.79. The SMILES string of the molecule is CC(NC1CCCC(C)(C)C1)c1cc(F)ccc1O. The number of phenols is 1. The van der Waals surface area contributed by atoms with Crippen LogP contribution in [0.1, 0.15) is 58.1 Å². The highest BCUT2D eigenvalue weighted by Crippen LogP contribution is 2.36. The first-order valence-electron chi connectivity index (χ1n) is 7.12. The normalized spacial score (nSPS) is 24.1. The summed E-state index contributed by atoms with van der Waals surface area (Å²) in [5.41, 5.74) is 1.02. The van der Waals surface area contributed by atoms with E-state index in [-0.39, 0.29) is 17.6 Å². The second-order valence-corrected chi connectivity index (χ2v) is 6.55. The monoisotopic (exact) mass is 265 g/mol. The van der Waals surface area contributed by atoms with Crippen molar-refractivity contribution in [1.29, 1.82) is 0 Å². The third-order valence-corrected chi connectivity index (χ3v) is 4.15. The molecule has 0 aliphatic heterocycles. The van der Waals surface area contributed by atoms with Crippen molar-refractivity contribution in [2.75, 3.05) is 0 Å². The molecule has 0 heterocycles. The standard InChI is InChI=1S/C16H24FNO/c1-11(14-9-12(17)6-7-15(14)19)18-13-5-4-8-16(2,3)10-13/h6-7,9,11,13,18-19H,4-5,8,10H2,1-3H3. The van der Waals surface area contributed by atoms with Gasteiger partial charge in [-0.3, -0.25) is 0 Å². The highest BCUT2D eigenvalue weighted by Gasteiger charge is 2.29. The van der Waals surface area contributed by atoms with E-state index in [0.717, 1.165) is 12.8 Å². The summed E-state index contributed by atoms with van der Waals surface area (Å²) < 4.78 is 13.3. The van der Waals surface area contributed by atoms with E-state index in [1.54, 1.807) is 0 Å². The van der Waals surface area contributed by atoms with Crippen molar-refractivity contribution in [1.82, 2.24) is 5.32 Å². The van der Waals surface area contributed by atoms with E-state index in [2.05, 4.69) is 19.2 Å². The Hall–Kier alpha value is -1.09. The molecule has 2 N–H and O–H groups in total. The van der Waals surface area contributed by atoms with Gasteiger partial charge in [0.05, 0.1) is 0 Å². The van der Waals surface area contributed by atoms with E-state index < -0.39 is 0 Å². The van der Waals surface area contributed by atoms with Gasteiger partial charge in [-0.2, -0.15) is 0 Å². The van der Waals surface area contributed by atoms with Gasteiger partial charge < -0.3 is 10.4 Å². The van der Waals surface area contributed by atoms with Crippen LogP contribution in [0, 0.1) is 11.2 Å². The number of rotatable bonds is 3. The van der Waals surface area contributed by atoms with Gasteiger partial charge in [-0.05, 0) is 49.8 Å². The maximum Gasteiger partial charge on any atom is 0.123 e. The van der Waals surface area contributed by atoms with Gasteiger partial charge in [-0.15, -0.1) is 0 Å². The lowest BCUT2D eigenvalue weighted by Gasteiger charge is -2.37. The fourth-order valence-electron chi connectivity index (χ4n) is 3.16. The molecule has 0 aromatic heterocycles. The fourth-order valence-corrected chi connectivity index (χ4v) is 3.16. The molecule has 0 saturated heterocycles. The zero-order valence-electron chi connectivity index (χ0n) is 12.0. The number of hydrogen-bond donors (Lipinski definition) is 2. The van der Waals surface area contributed by atoms with Crippen LogP contribution in [0.5, 0.6) is 5.75 Å². The first-order chi connectivity index (χ1) is 8.87. The lowest BCUT2D eigenvalue weighted by Crippen LogP contribution is -2.38. The zero-order valence-corrected chi connectivity index (χ0v) is 12.0. The third kappa shape index (κ3) is 3.69. The maximum atomic E-state index is 13.3. The number of aromatic hydroxyl groups is 1. The Morgan fingerprint density at radius 2 is 2.16 bits per heavy atom. The molecule has 2 nitrogen and oxygen atoms in total. The molecule has 106 valence electrons. The van der Waals surface area contributed by atoms with Crippen LogP contribution in [-0.4, -0.2) is 11.1 Å². The summed E-state index contributed by atoms with van der Waals surface area (Å²) in [6.45, 7) is 6.58. The summed E-state index contributed by atoms with van der Waals surface area (Å²) >= 11 is 0. The van der Waals surface area contributed by atoms with Gasteiger partial charge in [-0.1, -0.05) is 20.3 Å². The lowest BCUT2D eigenvalue weighted by atomic mass is 9.75. The van der Waals surface area contributed by atoms with Crippen LogP contribution in [0.2, 0.25) is 0 Å². The fraction of sp³-hybridized carbons (Fsp3) is 0.625. The minimum Gasteiger partial charge on any atom is -0.508 e. The van der Waals surface area contributed by atoms with E-state index >= 15 is 0 Å². The van der Waals surface area contributed by atoms with Crippen molar-refractivity contribution in [3.8, 4) is 5.75 Å². The molecule has 1 saturated carbocycles. The lowest BCUT2D eigenvalue weighted by molar-refractivity contribution is 0.190. The molecular formula is C16H24FNO. The van der Waals surface area contributed by atoms with Crippen LogP contribution in [0.4, 0.5) is 4.39 Å². The van der Waals surface area contributed by atoms with E-state index in [0.29, 0.717) is 17.0 Å². The van der Waals surface area contributed by atoms with Crippen LogP contribution in [0.15, 0.2) is 18.2 Å². The summed E-state index contributed by atoms with van der Waals surface area (Å²) in [5, 5.41) is 13.4. The Bertz CT molecular complexity index is 444. The Morgan fingerprint density at radius 3 is 2.84 bits per heavy atom. The van der Waals surface area contributed by atoms with Gasteiger partial charge in [0.15, 0.2) is 0 Å². The van der Waals surface area contributed by atoms with Crippen molar-refractivity contribution < 1.29 is 9.50 Å². The molecule has 0 spiro atoms. The zero-order chi connectivity index (χ0) is 14.0. The van der Waals surface area contributed by atoms with Crippen molar-refractivity contribution in [3.63, 3.8) is 0 Å². The molecule has 0 radical (unpaired) electrons. The second-order valence-electron chi connectivity index (χ2n) is 6.55. The molecule has 2 unspecified atom stereocenters. The quantitative estimate of drug-likeness (QED) is 0.860. The molecule has 2 rings (SSSR count). The molecular weight excluding hydrogens is 241 g/mol. The van der Waals surface area contributed by atoms with Gasteiger partial charge in [0.2, 0.25) is 0 Å². The van der Waals surface area contributed by atoms with E-state index in [9.17, 15) is 9.50 Å². The van der Waals surface area contributed by atoms with E-state index in [1.807, 2.05) is 6.92 Å². The van der Waals surface area contributed by atoms with Crippen molar-refractivity contribution in [2.45, 2.75) is 58.5 Å². The second kappa shape index (κ2) is 5.49. The summed E-state index contributed by atoms with van der Waals surface area (Å²) in [6, 6.07) is 4.54. The largest absolute Gasteiger partial charge is 0.508 e. The van der Waals surface area contributed by atoms with Gasteiger partial charge in [0.25, 0.3) is 0 Å². The number of phenolic OH excluding ortho intramolecular Hbond substituents is 1. The van der Waals surface area contributed by atoms with Gasteiger partial charge in [0, 0.05) is 17.6 Å². The number of nitrogens with one attached hydrogen (secondary N) is 1. The highest BCUT2D eigenvalue weighted by molar-refractivity contribution is 5.34. The van der Waals surface area contributed by atoms with Gasteiger partial charge >= 0.3 is 0 Å². The van der Waals surface area contributed by atoms with Crippen molar-refractivity contribution in [3.05, 3.63) is 29.6 Å². The minimum atomic E-state index is -0.301. The number of halogens is 1. The predicted molar refractivity (Wildman–Crippen MR) is 75.7 cm³/mol. The van der Waals surface area contributed by atoms with Gasteiger partial charge in [0.1, 0.15) is 11.6 Å². The molecule has 1 fully saturated rings. The Morgan fingerprint density at radius 1 is 1.42 bits per heavy atom. The first-order valence-corrected chi connectivity index (χ1v) is 7.12. The Kier molecular flexibility index (Phi) is 4.14. The summed E-state index contributed by atoms with van der Waals surface area (Å²) in [5.74, 6) is -0.137. The summed E-state index contributed by atoms with van der Waals surface area (Å²) in [7, 11) is 0.